The summed E-state index contributed by atoms with van der Waals surface area (Å²) in [7, 11) is 3.91. The lowest BCUT2D eigenvalue weighted by molar-refractivity contribution is -0.139. The van der Waals surface area contributed by atoms with Gasteiger partial charge in [-0.2, -0.15) is 0 Å². The van der Waals surface area contributed by atoms with Crippen molar-refractivity contribution in [2.45, 2.75) is 6.42 Å². The van der Waals surface area contributed by atoms with Crippen LogP contribution in [0.3, 0.4) is 0 Å². The SMILES string of the molecule is CN(C)CCCNC(=O)C(=O)NCCCl. The van der Waals surface area contributed by atoms with Crippen LogP contribution in [0.2, 0.25) is 0 Å². The summed E-state index contributed by atoms with van der Waals surface area (Å²) in [6.45, 7) is 1.69. The largest absolute Gasteiger partial charge is 0.348 e. The molecule has 0 heterocycles. The van der Waals surface area contributed by atoms with E-state index in [0.29, 0.717) is 19.0 Å². The number of rotatable bonds is 6. The van der Waals surface area contributed by atoms with E-state index in [0.717, 1.165) is 13.0 Å². The van der Waals surface area contributed by atoms with Crippen LogP contribution < -0.4 is 10.6 Å². The van der Waals surface area contributed by atoms with E-state index in [-0.39, 0.29) is 0 Å². The van der Waals surface area contributed by atoms with Crippen molar-refractivity contribution in [3.05, 3.63) is 0 Å². The number of carbonyl (C=O) groups excluding carboxylic acids is 2. The Labute approximate surface area is 95.1 Å². The molecule has 0 aliphatic heterocycles. The highest BCUT2D eigenvalue weighted by Crippen LogP contribution is 1.81. The minimum Gasteiger partial charge on any atom is -0.348 e. The fourth-order valence-electron chi connectivity index (χ4n) is 0.919. The molecule has 2 amide bonds. The van der Waals surface area contributed by atoms with Gasteiger partial charge in [-0.3, -0.25) is 9.59 Å². The van der Waals surface area contributed by atoms with Gasteiger partial charge in [-0.1, -0.05) is 0 Å². The Kier molecular flexibility index (Phi) is 8.04. The van der Waals surface area contributed by atoms with Crippen LogP contribution in [0.5, 0.6) is 0 Å². The summed E-state index contributed by atoms with van der Waals surface area (Å²) < 4.78 is 0. The van der Waals surface area contributed by atoms with E-state index in [2.05, 4.69) is 10.6 Å². The van der Waals surface area contributed by atoms with Gasteiger partial charge < -0.3 is 15.5 Å². The third kappa shape index (κ3) is 8.20. The Morgan fingerprint density at radius 2 is 1.67 bits per heavy atom. The van der Waals surface area contributed by atoms with E-state index in [9.17, 15) is 9.59 Å². The Hall–Kier alpha value is -0.810. The first-order chi connectivity index (χ1) is 7.07. The molecule has 0 atom stereocenters. The normalized spacial score (nSPS) is 10.1. The maximum absolute atomic E-state index is 11.1. The summed E-state index contributed by atoms with van der Waals surface area (Å²) in [6, 6.07) is 0. The van der Waals surface area contributed by atoms with Gasteiger partial charge in [0.2, 0.25) is 0 Å². The van der Waals surface area contributed by atoms with Crippen molar-refractivity contribution >= 4 is 23.4 Å². The van der Waals surface area contributed by atoms with Crippen LogP contribution >= 0.6 is 11.6 Å². The summed E-state index contributed by atoms with van der Waals surface area (Å²) in [6.07, 6.45) is 0.821. The van der Waals surface area contributed by atoms with Crippen LogP contribution in [0.1, 0.15) is 6.42 Å². The summed E-state index contributed by atoms with van der Waals surface area (Å²) >= 11 is 5.36. The van der Waals surface area contributed by atoms with Gasteiger partial charge in [0.15, 0.2) is 0 Å². The molecule has 0 radical (unpaired) electrons. The molecule has 0 unspecified atom stereocenters. The number of hydrogen-bond donors (Lipinski definition) is 2. The first-order valence-corrected chi connectivity index (χ1v) is 5.38. The smallest absolute Gasteiger partial charge is 0.309 e. The molecule has 0 aromatic carbocycles. The van der Waals surface area contributed by atoms with Gasteiger partial charge in [0.25, 0.3) is 0 Å². The fraction of sp³-hybridized carbons (Fsp3) is 0.778. The highest BCUT2D eigenvalue weighted by atomic mass is 35.5. The zero-order valence-electron chi connectivity index (χ0n) is 9.18. The van der Waals surface area contributed by atoms with Crippen LogP contribution in [0.15, 0.2) is 0 Å². The summed E-state index contributed by atoms with van der Waals surface area (Å²) in [5.41, 5.74) is 0. The second kappa shape index (κ2) is 8.49. The van der Waals surface area contributed by atoms with Gasteiger partial charge in [-0.05, 0) is 27.1 Å². The second-order valence-electron chi connectivity index (χ2n) is 3.36. The molecule has 5 nitrogen and oxygen atoms in total. The fourth-order valence-corrected chi connectivity index (χ4v) is 1.01. The lowest BCUT2D eigenvalue weighted by Gasteiger charge is -2.09. The third-order valence-corrected chi connectivity index (χ3v) is 1.84. The summed E-state index contributed by atoms with van der Waals surface area (Å²) in [4.78, 5) is 24.2. The quantitative estimate of drug-likeness (QED) is 0.368. The van der Waals surface area contributed by atoms with Gasteiger partial charge in [-0.15, -0.1) is 11.6 Å². The molecular formula is C9H18ClN3O2. The van der Waals surface area contributed by atoms with Crippen LogP contribution in [0, 0.1) is 0 Å². The molecule has 0 aromatic rings. The molecule has 0 saturated heterocycles. The predicted octanol–water partition coefficient (Wildman–Crippen LogP) is -0.591. The Bertz CT molecular complexity index is 210. The topological polar surface area (TPSA) is 61.4 Å². The van der Waals surface area contributed by atoms with E-state index < -0.39 is 11.8 Å². The standard InChI is InChI=1S/C9H18ClN3O2/c1-13(2)7-3-5-11-8(14)9(15)12-6-4-10/h3-7H2,1-2H3,(H,11,14)(H,12,15). The molecule has 0 aliphatic rings. The van der Waals surface area contributed by atoms with Gasteiger partial charge in [0.05, 0.1) is 0 Å². The maximum Gasteiger partial charge on any atom is 0.309 e. The van der Waals surface area contributed by atoms with E-state index in [1.54, 1.807) is 0 Å². The first-order valence-electron chi connectivity index (χ1n) is 4.84. The predicted molar refractivity (Wildman–Crippen MR) is 59.9 cm³/mol. The average Bonchev–Trinajstić information content (AvgIpc) is 2.20. The molecule has 2 N–H and O–H groups in total. The number of nitrogens with one attached hydrogen (secondary N) is 2. The highest BCUT2D eigenvalue weighted by Gasteiger charge is 2.10. The maximum atomic E-state index is 11.1. The lowest BCUT2D eigenvalue weighted by atomic mass is 10.4. The van der Waals surface area contributed by atoms with Crippen molar-refractivity contribution in [2.24, 2.45) is 0 Å². The first kappa shape index (κ1) is 14.2. The molecule has 6 heteroatoms. The molecule has 0 saturated carbocycles. The lowest BCUT2D eigenvalue weighted by Crippen LogP contribution is -2.41. The van der Waals surface area contributed by atoms with E-state index in [4.69, 9.17) is 11.6 Å². The summed E-state index contributed by atoms with van der Waals surface area (Å²) in [5.74, 6) is -0.918. The highest BCUT2D eigenvalue weighted by molar-refractivity contribution is 6.35. The molecule has 0 aromatic heterocycles. The van der Waals surface area contributed by atoms with Crippen molar-refractivity contribution < 1.29 is 9.59 Å². The minimum atomic E-state index is -0.625. The Balaban J connectivity index is 3.51. The molecule has 0 spiro atoms. The number of carbonyl (C=O) groups is 2. The number of amides is 2. The van der Waals surface area contributed by atoms with E-state index in [1.807, 2.05) is 19.0 Å². The van der Waals surface area contributed by atoms with Gasteiger partial charge in [0, 0.05) is 19.0 Å². The number of nitrogens with zero attached hydrogens (tertiary/aromatic N) is 1. The van der Waals surface area contributed by atoms with Crippen molar-refractivity contribution in [2.75, 3.05) is 39.6 Å². The Morgan fingerprint density at radius 1 is 1.13 bits per heavy atom. The van der Waals surface area contributed by atoms with Gasteiger partial charge >= 0.3 is 11.8 Å². The molecule has 15 heavy (non-hydrogen) atoms. The molecular weight excluding hydrogens is 218 g/mol. The third-order valence-electron chi connectivity index (χ3n) is 1.65. The monoisotopic (exact) mass is 235 g/mol. The number of alkyl halides is 1. The molecule has 0 rings (SSSR count). The minimum absolute atomic E-state index is 0.305. The zero-order chi connectivity index (χ0) is 11.7. The van der Waals surface area contributed by atoms with Crippen molar-refractivity contribution in [1.82, 2.24) is 15.5 Å². The van der Waals surface area contributed by atoms with Gasteiger partial charge in [0.1, 0.15) is 0 Å². The summed E-state index contributed by atoms with van der Waals surface area (Å²) in [5, 5.41) is 4.91. The number of halogens is 1. The van der Waals surface area contributed by atoms with E-state index >= 15 is 0 Å². The average molecular weight is 236 g/mol. The van der Waals surface area contributed by atoms with Crippen LogP contribution in [0.25, 0.3) is 0 Å². The van der Waals surface area contributed by atoms with Crippen LogP contribution in [-0.4, -0.2) is 56.3 Å². The second-order valence-corrected chi connectivity index (χ2v) is 3.74. The number of hydrogen-bond acceptors (Lipinski definition) is 3. The Morgan fingerprint density at radius 3 is 2.13 bits per heavy atom. The van der Waals surface area contributed by atoms with E-state index in [1.165, 1.54) is 0 Å². The molecule has 0 fully saturated rings. The molecule has 0 bridgehead atoms. The van der Waals surface area contributed by atoms with Crippen molar-refractivity contribution in [3.63, 3.8) is 0 Å². The van der Waals surface area contributed by atoms with Crippen molar-refractivity contribution in [1.29, 1.82) is 0 Å². The van der Waals surface area contributed by atoms with Crippen molar-refractivity contribution in [3.8, 4) is 0 Å². The molecule has 88 valence electrons. The zero-order valence-corrected chi connectivity index (χ0v) is 9.93. The molecule has 0 aliphatic carbocycles. The van der Waals surface area contributed by atoms with Crippen LogP contribution in [0.4, 0.5) is 0 Å². The van der Waals surface area contributed by atoms with Crippen LogP contribution in [-0.2, 0) is 9.59 Å². The van der Waals surface area contributed by atoms with Gasteiger partial charge in [-0.25, -0.2) is 0 Å².